The van der Waals surface area contributed by atoms with Crippen molar-refractivity contribution in [3.63, 3.8) is 0 Å². The molecule has 11 heteroatoms. The molecule has 236 valence electrons. The zero-order valence-corrected chi connectivity index (χ0v) is 25.3. The van der Waals surface area contributed by atoms with Crippen LogP contribution >= 0.6 is 0 Å². The lowest BCUT2D eigenvalue weighted by Crippen LogP contribution is -2.60. The van der Waals surface area contributed by atoms with Crippen molar-refractivity contribution >= 4 is 27.5 Å². The molecule has 3 saturated heterocycles. The summed E-state index contributed by atoms with van der Waals surface area (Å²) in [4.78, 5) is 18.7. The monoisotopic (exact) mass is 624 g/mol. The van der Waals surface area contributed by atoms with Gasteiger partial charge in [0.15, 0.2) is 5.82 Å². The second kappa shape index (κ2) is 10.4. The number of rotatable bonds is 6. The normalized spacial score (nSPS) is 26.1. The summed E-state index contributed by atoms with van der Waals surface area (Å²) in [5, 5.41) is 16.0. The van der Waals surface area contributed by atoms with Gasteiger partial charge in [-0.25, -0.2) is 13.8 Å². The maximum Gasteiger partial charge on any atom is 0.319 e. The minimum Gasteiger partial charge on any atom is -0.508 e. The molecule has 1 saturated carbocycles. The van der Waals surface area contributed by atoms with E-state index in [4.69, 9.17) is 25.9 Å². The van der Waals surface area contributed by atoms with Crippen LogP contribution in [0.3, 0.4) is 0 Å². The summed E-state index contributed by atoms with van der Waals surface area (Å²) < 4.78 is 43.6. The number of phenolic OH excluding ortho intramolecular Hbond substituents is 1. The van der Waals surface area contributed by atoms with Crippen LogP contribution in [0.5, 0.6) is 17.6 Å². The summed E-state index contributed by atoms with van der Waals surface area (Å²) in [6.45, 7) is 3.38. The molecule has 3 unspecified atom stereocenters. The predicted octanol–water partition coefficient (Wildman–Crippen LogP) is 4.58. The molecule has 2 aromatic carbocycles. The molecule has 4 aliphatic heterocycles. The summed E-state index contributed by atoms with van der Waals surface area (Å²) in [6, 6.07) is 9.04. The molecular formula is C35H34F2N6O3. The van der Waals surface area contributed by atoms with Gasteiger partial charge in [-0.1, -0.05) is 18.1 Å². The van der Waals surface area contributed by atoms with E-state index < -0.39 is 12.0 Å². The van der Waals surface area contributed by atoms with E-state index in [1.165, 1.54) is 6.07 Å². The van der Waals surface area contributed by atoms with Gasteiger partial charge >= 0.3 is 6.01 Å². The zero-order chi connectivity index (χ0) is 31.2. The number of anilines is 1. The minimum atomic E-state index is -0.776. The third kappa shape index (κ3) is 4.53. The molecule has 46 heavy (non-hydrogen) atoms. The lowest BCUT2D eigenvalue weighted by molar-refractivity contribution is 0.165. The van der Waals surface area contributed by atoms with Gasteiger partial charge in [0, 0.05) is 60.2 Å². The smallest absolute Gasteiger partial charge is 0.319 e. The first kappa shape index (κ1) is 28.0. The Hall–Kier alpha value is -4.27. The number of piperazine rings is 1. The van der Waals surface area contributed by atoms with Crippen molar-refractivity contribution in [3.8, 4) is 41.2 Å². The highest BCUT2D eigenvalue weighted by Gasteiger charge is 2.47. The summed E-state index contributed by atoms with van der Waals surface area (Å²) >= 11 is 0. The number of fused-ring (bicyclic) bond motifs is 6. The van der Waals surface area contributed by atoms with Crippen LogP contribution in [0.2, 0.25) is 0 Å². The van der Waals surface area contributed by atoms with Crippen molar-refractivity contribution in [3.05, 3.63) is 41.7 Å². The summed E-state index contributed by atoms with van der Waals surface area (Å²) in [5.74, 6) is 2.78. The van der Waals surface area contributed by atoms with Crippen LogP contribution < -0.4 is 19.7 Å². The molecule has 0 amide bonds. The second-order valence-corrected chi connectivity index (χ2v) is 13.7. The number of aromatic nitrogens is 3. The molecule has 9 rings (SSSR count). The van der Waals surface area contributed by atoms with Crippen LogP contribution in [0, 0.1) is 23.6 Å². The van der Waals surface area contributed by atoms with E-state index in [2.05, 4.69) is 26.0 Å². The molecule has 6 heterocycles. The zero-order valence-electron chi connectivity index (χ0n) is 25.3. The molecule has 1 aliphatic carbocycles. The Labute approximate surface area is 264 Å². The number of benzene rings is 2. The van der Waals surface area contributed by atoms with Gasteiger partial charge in [0.25, 0.3) is 0 Å². The number of ether oxygens (including phenoxy) is 2. The van der Waals surface area contributed by atoms with E-state index in [0.29, 0.717) is 71.9 Å². The molecule has 0 radical (unpaired) electrons. The molecule has 2 bridgehead atoms. The van der Waals surface area contributed by atoms with E-state index in [0.717, 1.165) is 38.8 Å². The fraction of sp³-hybridized carbons (Fsp3) is 0.457. The molecule has 2 aromatic heterocycles. The Morgan fingerprint density at radius 2 is 2.02 bits per heavy atom. The Bertz CT molecular complexity index is 1940. The average Bonchev–Trinajstić information content (AvgIpc) is 3.58. The molecule has 9 nitrogen and oxygen atoms in total. The molecule has 4 aromatic rings. The lowest BCUT2D eigenvalue weighted by Gasteiger charge is -2.40. The number of terminal acetylenes is 1. The van der Waals surface area contributed by atoms with Crippen molar-refractivity contribution in [2.45, 2.75) is 56.4 Å². The van der Waals surface area contributed by atoms with Gasteiger partial charge in [-0.05, 0) is 55.7 Å². The first-order valence-electron chi connectivity index (χ1n) is 16.2. The van der Waals surface area contributed by atoms with Gasteiger partial charge in [-0.15, -0.1) is 6.42 Å². The van der Waals surface area contributed by atoms with Crippen LogP contribution in [-0.4, -0.2) is 88.6 Å². The van der Waals surface area contributed by atoms with Gasteiger partial charge < -0.3 is 24.8 Å². The Balaban J connectivity index is 1.19. The van der Waals surface area contributed by atoms with Crippen LogP contribution in [-0.2, 0) is 0 Å². The third-order valence-electron chi connectivity index (χ3n) is 10.5. The maximum atomic E-state index is 17.0. The van der Waals surface area contributed by atoms with Crippen LogP contribution in [0.1, 0.15) is 37.7 Å². The van der Waals surface area contributed by atoms with Crippen LogP contribution in [0.25, 0.3) is 32.9 Å². The van der Waals surface area contributed by atoms with Gasteiger partial charge in [-0.3, -0.25) is 4.90 Å². The number of hydrogen-bond donors (Lipinski definition) is 2. The summed E-state index contributed by atoms with van der Waals surface area (Å²) in [6.07, 6.45) is 9.68. The first-order valence-corrected chi connectivity index (χ1v) is 16.2. The summed E-state index contributed by atoms with van der Waals surface area (Å²) in [5.41, 5.74) is 0.844. The highest BCUT2D eigenvalue weighted by Crippen LogP contribution is 2.48. The third-order valence-corrected chi connectivity index (χ3v) is 10.5. The van der Waals surface area contributed by atoms with Gasteiger partial charge in [0.2, 0.25) is 5.88 Å². The number of alkyl halides is 1. The second-order valence-electron chi connectivity index (χ2n) is 13.7. The summed E-state index contributed by atoms with van der Waals surface area (Å²) in [7, 11) is 0. The SMILES string of the molecule is C#Cc1cccc2cc(O)cc(-c3nc4c5c(nc(OCC6(CN7CC[C@@H](F)C7)CC6)nc5c3F)N3CC5CCC(N5)C3CO4)c12. The predicted molar refractivity (Wildman–Crippen MR) is 170 cm³/mol. The number of hydrogen-bond acceptors (Lipinski definition) is 9. The Morgan fingerprint density at radius 3 is 2.83 bits per heavy atom. The number of pyridine rings is 1. The lowest BCUT2D eigenvalue weighted by atomic mass is 9.96. The molecule has 2 N–H and O–H groups in total. The fourth-order valence-corrected chi connectivity index (χ4v) is 8.03. The van der Waals surface area contributed by atoms with E-state index in [9.17, 15) is 9.50 Å². The van der Waals surface area contributed by atoms with Crippen molar-refractivity contribution in [1.82, 2.24) is 25.2 Å². The van der Waals surface area contributed by atoms with Gasteiger partial charge in [-0.2, -0.15) is 9.97 Å². The van der Waals surface area contributed by atoms with E-state index in [1.54, 1.807) is 18.2 Å². The highest BCUT2D eigenvalue weighted by atomic mass is 19.1. The number of aromatic hydroxyl groups is 1. The van der Waals surface area contributed by atoms with Crippen molar-refractivity contribution < 1.29 is 23.4 Å². The molecule has 5 aliphatic rings. The van der Waals surface area contributed by atoms with Gasteiger partial charge in [0.05, 0.1) is 12.6 Å². The average molecular weight is 625 g/mol. The van der Waals surface area contributed by atoms with E-state index >= 15 is 4.39 Å². The first-order chi connectivity index (χ1) is 22.4. The number of halogens is 2. The van der Waals surface area contributed by atoms with E-state index in [-0.39, 0.29) is 46.3 Å². The highest BCUT2D eigenvalue weighted by molar-refractivity contribution is 6.04. The fourth-order valence-electron chi connectivity index (χ4n) is 8.03. The number of nitrogens with zero attached hydrogens (tertiary/aromatic N) is 5. The van der Waals surface area contributed by atoms with Crippen molar-refractivity contribution in [1.29, 1.82) is 0 Å². The minimum absolute atomic E-state index is 0.0188. The Morgan fingerprint density at radius 1 is 1.13 bits per heavy atom. The van der Waals surface area contributed by atoms with Crippen LogP contribution in [0.15, 0.2) is 30.3 Å². The maximum absolute atomic E-state index is 17.0. The van der Waals surface area contributed by atoms with E-state index in [1.807, 2.05) is 6.07 Å². The molecular weight excluding hydrogens is 590 g/mol. The quantitative estimate of drug-likeness (QED) is 0.299. The van der Waals surface area contributed by atoms with Crippen molar-refractivity contribution in [2.75, 3.05) is 44.3 Å². The Kier molecular flexibility index (Phi) is 6.31. The molecule has 4 atom stereocenters. The molecule has 4 fully saturated rings. The van der Waals surface area contributed by atoms with Crippen molar-refractivity contribution in [2.24, 2.45) is 5.41 Å². The standard InChI is InChI=1S/C35H34F2N6O3/c1-2-19-4-3-5-20-12-23(44)13-24(27(19)20)30-29(37)31-28-32(43-15-22-6-7-25(38-22)26(43)16-45-33(28)39-30)41-34(40-31)46-18-35(9-10-35)17-42-11-8-21(36)14-42/h1,3-5,12-13,21-22,25-26,38,44H,6-11,14-18H2/t21-,22?,25?,26?/m1/s1. The number of likely N-dealkylation sites (tertiary alicyclic amines) is 1. The largest absolute Gasteiger partial charge is 0.508 e. The topological polar surface area (TPSA) is 95.9 Å². The van der Waals surface area contributed by atoms with Gasteiger partial charge in [0.1, 0.15) is 40.9 Å². The molecule has 0 spiro atoms. The number of phenols is 1. The van der Waals surface area contributed by atoms with Crippen LogP contribution in [0.4, 0.5) is 14.6 Å². The number of nitrogens with one attached hydrogen (secondary N) is 1.